The Morgan fingerprint density at radius 3 is 2.79 bits per heavy atom. The third kappa shape index (κ3) is 4.91. The van der Waals surface area contributed by atoms with E-state index in [4.69, 9.17) is 4.74 Å². The smallest absolute Gasteiger partial charge is 0.252 e. The Kier molecular flexibility index (Phi) is 6.80. The van der Waals surface area contributed by atoms with Crippen molar-refractivity contribution >= 4 is 11.8 Å². The summed E-state index contributed by atoms with van der Waals surface area (Å²) in [5.41, 5.74) is 2.00. The van der Waals surface area contributed by atoms with E-state index < -0.39 is 5.82 Å². The van der Waals surface area contributed by atoms with Gasteiger partial charge in [0.1, 0.15) is 0 Å². The van der Waals surface area contributed by atoms with Gasteiger partial charge in [0.2, 0.25) is 5.91 Å². The fourth-order valence-corrected chi connectivity index (χ4v) is 3.62. The van der Waals surface area contributed by atoms with Gasteiger partial charge in [-0.25, -0.2) is 4.39 Å². The lowest BCUT2D eigenvalue weighted by molar-refractivity contribution is -0.132. The molecular weight excluding hydrogens is 373 g/mol. The Labute approximate surface area is 170 Å². The van der Waals surface area contributed by atoms with Crippen LogP contribution in [-0.4, -0.2) is 41.9 Å². The minimum atomic E-state index is -0.403. The summed E-state index contributed by atoms with van der Waals surface area (Å²) in [5, 5.41) is 2.60. The van der Waals surface area contributed by atoms with Crippen LogP contribution in [0.5, 0.6) is 5.75 Å². The summed E-state index contributed by atoms with van der Waals surface area (Å²) >= 11 is 0. The number of benzene rings is 1. The first kappa shape index (κ1) is 20.8. The predicted molar refractivity (Wildman–Crippen MR) is 107 cm³/mol. The third-order valence-electron chi connectivity index (χ3n) is 5.12. The molecule has 1 aromatic carbocycles. The summed E-state index contributed by atoms with van der Waals surface area (Å²) in [6, 6.07) is 9.75. The van der Waals surface area contributed by atoms with Gasteiger partial charge in [0.05, 0.1) is 29.6 Å². The molecule has 7 heteroatoms. The molecule has 1 aliphatic heterocycles. The molecule has 2 heterocycles. The summed E-state index contributed by atoms with van der Waals surface area (Å²) in [5.74, 6) is -0.329. The molecule has 0 aliphatic carbocycles. The van der Waals surface area contributed by atoms with E-state index in [0.29, 0.717) is 30.6 Å². The van der Waals surface area contributed by atoms with Crippen molar-refractivity contribution < 1.29 is 18.7 Å². The molecule has 6 nitrogen and oxygen atoms in total. The largest absolute Gasteiger partial charge is 0.491 e. The number of hydrogen-bond donors (Lipinski definition) is 1. The fraction of sp³-hybridized carbons (Fsp3) is 0.409. The maximum atomic E-state index is 13.6. The van der Waals surface area contributed by atoms with E-state index >= 15 is 0 Å². The Hall–Kier alpha value is -2.96. The highest BCUT2D eigenvalue weighted by Gasteiger charge is 2.31. The highest BCUT2D eigenvalue weighted by atomic mass is 19.1. The van der Waals surface area contributed by atoms with E-state index in [9.17, 15) is 14.0 Å². The number of rotatable bonds is 7. The van der Waals surface area contributed by atoms with Crippen LogP contribution in [0.25, 0.3) is 0 Å². The number of nitrogens with zero attached hydrogens (tertiary/aromatic N) is 2. The van der Waals surface area contributed by atoms with Gasteiger partial charge in [0, 0.05) is 20.0 Å². The van der Waals surface area contributed by atoms with Crippen LogP contribution in [0.3, 0.4) is 0 Å². The zero-order valence-electron chi connectivity index (χ0n) is 16.8. The SMILES string of the molecule is CNC(=O)c1ccc([C@@H]2CCCN2C(=O)CCCOc2ccccc2F)nc1C. The molecule has 0 radical (unpaired) electrons. The average Bonchev–Trinajstić information content (AvgIpc) is 3.21. The Morgan fingerprint density at radius 1 is 1.28 bits per heavy atom. The normalized spacial score (nSPS) is 16.0. The first-order valence-electron chi connectivity index (χ1n) is 9.87. The van der Waals surface area contributed by atoms with Crippen LogP contribution in [0, 0.1) is 12.7 Å². The molecule has 29 heavy (non-hydrogen) atoms. The maximum absolute atomic E-state index is 13.6. The van der Waals surface area contributed by atoms with Crippen molar-refractivity contribution in [3.05, 3.63) is 59.2 Å². The molecule has 1 saturated heterocycles. The molecule has 3 rings (SSSR count). The van der Waals surface area contributed by atoms with Crippen molar-refractivity contribution in [3.63, 3.8) is 0 Å². The van der Waals surface area contributed by atoms with Gasteiger partial charge in [0.25, 0.3) is 5.91 Å². The van der Waals surface area contributed by atoms with Crippen molar-refractivity contribution in [3.8, 4) is 5.75 Å². The van der Waals surface area contributed by atoms with Gasteiger partial charge in [-0.2, -0.15) is 0 Å². The van der Waals surface area contributed by atoms with E-state index in [1.54, 1.807) is 38.2 Å². The van der Waals surface area contributed by atoms with E-state index in [-0.39, 0.29) is 30.2 Å². The number of pyridine rings is 1. The molecule has 1 aromatic heterocycles. The van der Waals surface area contributed by atoms with Crippen molar-refractivity contribution in [2.75, 3.05) is 20.2 Å². The molecule has 154 valence electrons. The second kappa shape index (κ2) is 9.49. The minimum Gasteiger partial charge on any atom is -0.491 e. The first-order chi connectivity index (χ1) is 14.0. The topological polar surface area (TPSA) is 71.5 Å². The molecule has 1 N–H and O–H groups in total. The van der Waals surface area contributed by atoms with Crippen LogP contribution >= 0.6 is 0 Å². The molecule has 1 fully saturated rings. The second-order valence-corrected chi connectivity index (χ2v) is 7.08. The fourth-order valence-electron chi connectivity index (χ4n) is 3.62. The van der Waals surface area contributed by atoms with Crippen LogP contribution in [-0.2, 0) is 4.79 Å². The van der Waals surface area contributed by atoms with E-state index in [2.05, 4.69) is 10.3 Å². The number of carbonyl (C=O) groups excluding carboxylic acids is 2. The number of ether oxygens (including phenoxy) is 1. The van der Waals surface area contributed by atoms with Gasteiger partial charge in [-0.15, -0.1) is 0 Å². The number of amides is 2. The number of halogens is 1. The standard InChI is InChI=1S/C22H26FN3O3/c1-15-16(22(28)24-2)11-12-18(25-15)19-8-5-13-26(19)21(27)10-6-14-29-20-9-4-3-7-17(20)23/h3-4,7,9,11-12,19H,5-6,8,10,13-14H2,1-2H3,(H,24,28)/t19-/m0/s1. The number of aryl methyl sites for hydroxylation is 1. The highest BCUT2D eigenvalue weighted by molar-refractivity contribution is 5.94. The van der Waals surface area contributed by atoms with Crippen LogP contribution < -0.4 is 10.1 Å². The monoisotopic (exact) mass is 399 g/mol. The molecule has 2 aromatic rings. The molecule has 0 spiro atoms. The second-order valence-electron chi connectivity index (χ2n) is 7.08. The molecular formula is C22H26FN3O3. The predicted octanol–water partition coefficient (Wildman–Crippen LogP) is 3.41. The summed E-state index contributed by atoms with van der Waals surface area (Å²) in [4.78, 5) is 31.0. The molecule has 1 aliphatic rings. The lowest BCUT2D eigenvalue weighted by Crippen LogP contribution is -2.31. The van der Waals surface area contributed by atoms with E-state index in [1.807, 2.05) is 11.0 Å². The third-order valence-corrected chi connectivity index (χ3v) is 5.12. The number of para-hydroxylation sites is 1. The van der Waals surface area contributed by atoms with Gasteiger partial charge in [-0.1, -0.05) is 12.1 Å². The molecule has 2 amide bonds. The van der Waals surface area contributed by atoms with Crippen LogP contribution in [0.2, 0.25) is 0 Å². The van der Waals surface area contributed by atoms with Crippen molar-refractivity contribution in [1.29, 1.82) is 0 Å². The zero-order valence-corrected chi connectivity index (χ0v) is 16.8. The van der Waals surface area contributed by atoms with Gasteiger partial charge in [-0.3, -0.25) is 14.6 Å². The van der Waals surface area contributed by atoms with Gasteiger partial charge >= 0.3 is 0 Å². The number of likely N-dealkylation sites (tertiary alicyclic amines) is 1. The van der Waals surface area contributed by atoms with Gasteiger partial charge in [0.15, 0.2) is 11.6 Å². The van der Waals surface area contributed by atoms with Crippen LogP contribution in [0.4, 0.5) is 4.39 Å². The molecule has 0 bridgehead atoms. The average molecular weight is 399 g/mol. The van der Waals surface area contributed by atoms with E-state index in [0.717, 1.165) is 18.5 Å². The van der Waals surface area contributed by atoms with Crippen molar-refractivity contribution in [2.24, 2.45) is 0 Å². The number of aromatic nitrogens is 1. The zero-order chi connectivity index (χ0) is 20.8. The summed E-state index contributed by atoms with van der Waals surface area (Å²) in [7, 11) is 1.59. The Morgan fingerprint density at radius 2 is 2.07 bits per heavy atom. The lowest BCUT2D eigenvalue weighted by Gasteiger charge is -2.25. The number of hydrogen-bond acceptors (Lipinski definition) is 4. The summed E-state index contributed by atoms with van der Waals surface area (Å²) in [6.45, 7) is 2.77. The van der Waals surface area contributed by atoms with Crippen LogP contribution in [0.15, 0.2) is 36.4 Å². The van der Waals surface area contributed by atoms with Crippen molar-refractivity contribution in [2.45, 2.75) is 38.6 Å². The maximum Gasteiger partial charge on any atom is 0.252 e. The van der Waals surface area contributed by atoms with Crippen LogP contribution in [0.1, 0.15) is 53.5 Å². The molecule has 0 saturated carbocycles. The Bertz CT molecular complexity index is 887. The van der Waals surface area contributed by atoms with Gasteiger partial charge in [-0.05, 0) is 50.5 Å². The van der Waals surface area contributed by atoms with Gasteiger partial charge < -0.3 is 15.0 Å². The molecule has 1 atom stereocenters. The first-order valence-corrected chi connectivity index (χ1v) is 9.87. The number of nitrogens with one attached hydrogen (secondary N) is 1. The lowest BCUT2D eigenvalue weighted by atomic mass is 10.1. The Balaban J connectivity index is 1.57. The quantitative estimate of drug-likeness (QED) is 0.725. The summed E-state index contributed by atoms with van der Waals surface area (Å²) < 4.78 is 19.0. The van der Waals surface area contributed by atoms with E-state index in [1.165, 1.54) is 6.07 Å². The number of carbonyl (C=O) groups is 2. The van der Waals surface area contributed by atoms with Crippen molar-refractivity contribution in [1.82, 2.24) is 15.2 Å². The minimum absolute atomic E-state index is 0.0412. The highest BCUT2D eigenvalue weighted by Crippen LogP contribution is 2.32. The molecule has 0 unspecified atom stereocenters. The summed E-state index contributed by atoms with van der Waals surface area (Å²) in [6.07, 6.45) is 2.61.